The number of likely N-dealkylation sites (N-methyl/N-ethyl adjacent to an activating group) is 1. The molecule has 1 aromatic carbocycles. The second-order valence-corrected chi connectivity index (χ2v) is 5.98. The average molecular weight is 257 g/mol. The number of rotatable bonds is 5. The van der Waals surface area contributed by atoms with E-state index in [1.165, 1.54) is 0 Å². The van der Waals surface area contributed by atoms with Gasteiger partial charge in [-0.2, -0.15) is 8.42 Å². The fraction of sp³-hybridized carbons (Fsp3) is 0.500. The summed E-state index contributed by atoms with van der Waals surface area (Å²) in [6.07, 6.45) is 0. The highest BCUT2D eigenvalue weighted by atomic mass is 32.2. The maximum atomic E-state index is 11.8. The summed E-state index contributed by atoms with van der Waals surface area (Å²) in [5, 5.41) is 0. The molecule has 96 valence electrons. The summed E-state index contributed by atoms with van der Waals surface area (Å²) in [7, 11) is 0.131. The molecule has 0 spiro atoms. The van der Waals surface area contributed by atoms with Crippen LogP contribution in [-0.4, -0.2) is 40.1 Å². The summed E-state index contributed by atoms with van der Waals surface area (Å²) in [5.74, 6) is 0. The zero-order chi connectivity index (χ0) is 13.1. The molecule has 0 radical (unpaired) electrons. The van der Waals surface area contributed by atoms with Crippen LogP contribution in [0, 0.1) is 6.92 Å². The first-order valence-electron chi connectivity index (χ1n) is 5.45. The minimum atomic E-state index is -3.63. The minimum absolute atomic E-state index is 0.0511. The Kier molecular flexibility index (Phi) is 4.68. The summed E-state index contributed by atoms with van der Waals surface area (Å²) in [6, 6.07) is 6.68. The molecular weight excluding hydrogens is 238 g/mol. The quantitative estimate of drug-likeness (QED) is 0.753. The van der Waals surface area contributed by atoms with Crippen molar-refractivity contribution in [3.63, 3.8) is 0 Å². The van der Waals surface area contributed by atoms with Crippen LogP contribution in [0.15, 0.2) is 29.2 Å². The third-order valence-electron chi connectivity index (χ3n) is 2.66. The smallest absolute Gasteiger partial charge is 0.297 e. The van der Waals surface area contributed by atoms with E-state index in [1.807, 2.05) is 32.8 Å². The van der Waals surface area contributed by atoms with Crippen LogP contribution in [0.3, 0.4) is 0 Å². The van der Waals surface area contributed by atoms with Crippen LogP contribution in [-0.2, 0) is 14.3 Å². The van der Waals surface area contributed by atoms with Crippen molar-refractivity contribution < 1.29 is 12.6 Å². The molecule has 0 bridgehead atoms. The zero-order valence-electron chi connectivity index (χ0n) is 10.7. The zero-order valence-corrected chi connectivity index (χ0v) is 11.5. The van der Waals surface area contributed by atoms with Gasteiger partial charge in [0.25, 0.3) is 10.1 Å². The van der Waals surface area contributed by atoms with Crippen molar-refractivity contribution >= 4 is 10.1 Å². The molecule has 0 aliphatic rings. The molecule has 0 aromatic heterocycles. The van der Waals surface area contributed by atoms with Crippen LogP contribution in [0.4, 0.5) is 0 Å². The Morgan fingerprint density at radius 2 is 1.76 bits per heavy atom. The van der Waals surface area contributed by atoms with E-state index in [0.29, 0.717) is 0 Å². The van der Waals surface area contributed by atoms with Crippen LogP contribution in [0.25, 0.3) is 0 Å². The molecule has 0 fully saturated rings. The second kappa shape index (κ2) is 5.62. The molecule has 0 saturated heterocycles. The number of benzene rings is 1. The molecule has 0 aliphatic carbocycles. The van der Waals surface area contributed by atoms with Gasteiger partial charge < -0.3 is 4.90 Å². The molecule has 1 unspecified atom stereocenters. The standard InChI is InChI=1S/C12H19NO3S/c1-10-5-7-12(8-6-10)17(14,15)16-9-11(2)13(3)4/h5-8,11H,9H2,1-4H3. The molecule has 5 heteroatoms. The maximum absolute atomic E-state index is 11.8. The molecule has 1 rings (SSSR count). The third-order valence-corrected chi connectivity index (χ3v) is 3.95. The Morgan fingerprint density at radius 3 is 2.24 bits per heavy atom. The van der Waals surface area contributed by atoms with Gasteiger partial charge in [-0.05, 0) is 40.1 Å². The first kappa shape index (κ1) is 14.2. The SMILES string of the molecule is Cc1ccc(S(=O)(=O)OCC(C)N(C)C)cc1. The van der Waals surface area contributed by atoms with Gasteiger partial charge in [0.2, 0.25) is 0 Å². The van der Waals surface area contributed by atoms with Crippen molar-refractivity contribution in [2.24, 2.45) is 0 Å². The largest absolute Gasteiger partial charge is 0.304 e. The van der Waals surface area contributed by atoms with Gasteiger partial charge >= 0.3 is 0 Å². The summed E-state index contributed by atoms with van der Waals surface area (Å²) >= 11 is 0. The van der Waals surface area contributed by atoms with Gasteiger partial charge in [-0.1, -0.05) is 17.7 Å². The molecule has 1 atom stereocenters. The Hall–Kier alpha value is -0.910. The molecule has 0 amide bonds. The van der Waals surface area contributed by atoms with E-state index in [4.69, 9.17) is 4.18 Å². The number of hydrogen-bond acceptors (Lipinski definition) is 4. The van der Waals surface area contributed by atoms with E-state index < -0.39 is 10.1 Å². The summed E-state index contributed by atoms with van der Waals surface area (Å²) in [5.41, 5.74) is 1.02. The van der Waals surface area contributed by atoms with Gasteiger partial charge in [0, 0.05) is 6.04 Å². The summed E-state index contributed by atoms with van der Waals surface area (Å²) in [4.78, 5) is 2.11. The molecule has 0 saturated carbocycles. The molecule has 17 heavy (non-hydrogen) atoms. The first-order chi connectivity index (χ1) is 7.83. The van der Waals surface area contributed by atoms with Gasteiger partial charge in [-0.3, -0.25) is 4.18 Å². The lowest BCUT2D eigenvalue weighted by atomic mass is 10.2. The van der Waals surface area contributed by atoms with Gasteiger partial charge in [-0.25, -0.2) is 0 Å². The lowest BCUT2D eigenvalue weighted by Gasteiger charge is -2.19. The van der Waals surface area contributed by atoms with E-state index in [9.17, 15) is 8.42 Å². The summed E-state index contributed by atoms with van der Waals surface area (Å²) in [6.45, 7) is 3.97. The summed E-state index contributed by atoms with van der Waals surface area (Å²) < 4.78 is 28.7. The van der Waals surface area contributed by atoms with Crippen molar-refractivity contribution in [2.75, 3.05) is 20.7 Å². The topological polar surface area (TPSA) is 46.6 Å². The Bertz CT molecular complexity index is 451. The fourth-order valence-corrected chi connectivity index (χ4v) is 2.09. The molecule has 0 heterocycles. The van der Waals surface area contributed by atoms with E-state index in [-0.39, 0.29) is 17.5 Å². The Labute approximate surface area is 103 Å². The van der Waals surface area contributed by atoms with Gasteiger partial charge in [-0.15, -0.1) is 0 Å². The normalized spacial score (nSPS) is 13.9. The molecular formula is C12H19NO3S. The van der Waals surface area contributed by atoms with Gasteiger partial charge in [0.05, 0.1) is 11.5 Å². The van der Waals surface area contributed by atoms with Crippen LogP contribution in [0.2, 0.25) is 0 Å². The van der Waals surface area contributed by atoms with Crippen LogP contribution < -0.4 is 0 Å². The van der Waals surface area contributed by atoms with Crippen LogP contribution in [0.5, 0.6) is 0 Å². The van der Waals surface area contributed by atoms with E-state index in [0.717, 1.165) is 5.56 Å². The number of aryl methyl sites for hydroxylation is 1. The minimum Gasteiger partial charge on any atom is -0.304 e. The van der Waals surface area contributed by atoms with Crippen molar-refractivity contribution in [1.29, 1.82) is 0 Å². The van der Waals surface area contributed by atoms with Crippen molar-refractivity contribution in [3.8, 4) is 0 Å². The highest BCUT2D eigenvalue weighted by molar-refractivity contribution is 7.86. The molecule has 0 N–H and O–H groups in total. The van der Waals surface area contributed by atoms with Crippen molar-refractivity contribution in [2.45, 2.75) is 24.8 Å². The predicted octanol–water partition coefficient (Wildman–Crippen LogP) is 1.65. The molecule has 4 nitrogen and oxygen atoms in total. The highest BCUT2D eigenvalue weighted by Crippen LogP contribution is 2.13. The predicted molar refractivity (Wildman–Crippen MR) is 67.5 cm³/mol. The van der Waals surface area contributed by atoms with Crippen molar-refractivity contribution in [3.05, 3.63) is 29.8 Å². The number of nitrogens with zero attached hydrogens (tertiary/aromatic N) is 1. The van der Waals surface area contributed by atoms with E-state index >= 15 is 0 Å². The Morgan fingerprint density at radius 1 is 1.24 bits per heavy atom. The fourth-order valence-electron chi connectivity index (χ4n) is 1.11. The van der Waals surface area contributed by atoms with Crippen molar-refractivity contribution in [1.82, 2.24) is 4.90 Å². The maximum Gasteiger partial charge on any atom is 0.297 e. The molecule has 1 aromatic rings. The lowest BCUT2D eigenvalue weighted by Crippen LogP contribution is -2.30. The van der Waals surface area contributed by atoms with Crippen LogP contribution in [0.1, 0.15) is 12.5 Å². The lowest BCUT2D eigenvalue weighted by molar-refractivity contribution is 0.203. The third kappa shape index (κ3) is 4.11. The van der Waals surface area contributed by atoms with Gasteiger partial charge in [0.15, 0.2) is 0 Å². The van der Waals surface area contributed by atoms with Gasteiger partial charge in [0.1, 0.15) is 0 Å². The molecule has 0 aliphatic heterocycles. The Balaban J connectivity index is 2.72. The first-order valence-corrected chi connectivity index (χ1v) is 6.86. The van der Waals surface area contributed by atoms with Crippen LogP contribution >= 0.6 is 0 Å². The highest BCUT2D eigenvalue weighted by Gasteiger charge is 2.17. The second-order valence-electron chi connectivity index (χ2n) is 4.36. The van der Waals surface area contributed by atoms with E-state index in [2.05, 4.69) is 0 Å². The van der Waals surface area contributed by atoms with E-state index in [1.54, 1.807) is 24.3 Å². The average Bonchev–Trinajstić information content (AvgIpc) is 2.26. The monoisotopic (exact) mass is 257 g/mol. The number of hydrogen-bond donors (Lipinski definition) is 0.